The summed E-state index contributed by atoms with van der Waals surface area (Å²) < 4.78 is 0. The van der Waals surface area contributed by atoms with Crippen molar-refractivity contribution >= 4 is 17.6 Å². The minimum atomic E-state index is 0.819. The Bertz CT molecular complexity index is 530. The molecule has 0 radical (unpaired) electrons. The van der Waals surface area contributed by atoms with Crippen molar-refractivity contribution < 1.29 is 0 Å². The largest absolute Gasteiger partial charge is 0.359 e. The lowest BCUT2D eigenvalue weighted by molar-refractivity contribution is 0.813. The van der Waals surface area contributed by atoms with Gasteiger partial charge in [0.15, 0.2) is 5.16 Å². The zero-order valence-corrected chi connectivity index (χ0v) is 12.3. The van der Waals surface area contributed by atoms with Gasteiger partial charge in [0, 0.05) is 43.7 Å². The van der Waals surface area contributed by atoms with Crippen molar-refractivity contribution in [1.82, 2.24) is 15.0 Å². The highest BCUT2D eigenvalue weighted by Crippen LogP contribution is 2.16. The SMILES string of the molecule is CSc1nc(C)cc(N(C)CCc2ccccn2)n1. The predicted octanol–water partition coefficient (Wildman–Crippen LogP) is 2.58. The maximum atomic E-state index is 4.52. The number of anilines is 1. The Balaban J connectivity index is 2.03. The van der Waals surface area contributed by atoms with Crippen molar-refractivity contribution in [3.05, 3.63) is 41.9 Å². The topological polar surface area (TPSA) is 41.9 Å². The Labute approximate surface area is 118 Å². The minimum absolute atomic E-state index is 0.819. The molecule has 0 bridgehead atoms. The van der Waals surface area contributed by atoms with Gasteiger partial charge in [0.05, 0.1) is 0 Å². The number of thioether (sulfide) groups is 1. The standard InChI is InChI=1S/C14H18N4S/c1-11-10-13(17-14(16-11)19-3)18(2)9-7-12-6-4-5-8-15-12/h4-6,8,10H,7,9H2,1-3H3. The molecular formula is C14H18N4S. The van der Waals surface area contributed by atoms with Crippen LogP contribution in [0, 0.1) is 6.92 Å². The molecule has 2 aromatic heterocycles. The average molecular weight is 274 g/mol. The van der Waals surface area contributed by atoms with E-state index in [4.69, 9.17) is 0 Å². The third kappa shape index (κ3) is 3.92. The van der Waals surface area contributed by atoms with Crippen molar-refractivity contribution in [2.24, 2.45) is 0 Å². The lowest BCUT2D eigenvalue weighted by atomic mass is 10.2. The van der Waals surface area contributed by atoms with Crippen LogP contribution in [0.4, 0.5) is 5.82 Å². The Morgan fingerprint density at radius 3 is 2.79 bits per heavy atom. The zero-order valence-electron chi connectivity index (χ0n) is 11.5. The first-order chi connectivity index (χ1) is 9.19. The minimum Gasteiger partial charge on any atom is -0.359 e. The van der Waals surface area contributed by atoms with Crippen molar-refractivity contribution in [3.63, 3.8) is 0 Å². The Morgan fingerprint density at radius 1 is 1.26 bits per heavy atom. The smallest absolute Gasteiger partial charge is 0.189 e. The highest BCUT2D eigenvalue weighted by molar-refractivity contribution is 7.98. The van der Waals surface area contributed by atoms with Crippen molar-refractivity contribution in [1.29, 1.82) is 0 Å². The fraction of sp³-hybridized carbons (Fsp3) is 0.357. The molecule has 0 fully saturated rings. The van der Waals surface area contributed by atoms with E-state index in [1.54, 1.807) is 11.8 Å². The number of hydrogen-bond donors (Lipinski definition) is 0. The van der Waals surface area contributed by atoms with Crippen molar-refractivity contribution in [2.45, 2.75) is 18.5 Å². The third-order valence-electron chi connectivity index (χ3n) is 2.82. The second-order valence-electron chi connectivity index (χ2n) is 4.35. The van der Waals surface area contributed by atoms with Crippen LogP contribution in [-0.2, 0) is 6.42 Å². The molecule has 0 N–H and O–H groups in total. The molecule has 2 aromatic rings. The van der Waals surface area contributed by atoms with E-state index in [0.29, 0.717) is 0 Å². The fourth-order valence-electron chi connectivity index (χ4n) is 1.75. The molecule has 0 saturated heterocycles. The Hall–Kier alpha value is -1.62. The summed E-state index contributed by atoms with van der Waals surface area (Å²) in [4.78, 5) is 15.4. The molecule has 0 aliphatic carbocycles. The number of aromatic nitrogens is 3. The van der Waals surface area contributed by atoms with Crippen LogP contribution in [0.15, 0.2) is 35.6 Å². The van der Waals surface area contributed by atoms with Crippen LogP contribution in [0.1, 0.15) is 11.4 Å². The van der Waals surface area contributed by atoms with E-state index < -0.39 is 0 Å². The third-order valence-corrected chi connectivity index (χ3v) is 3.37. The van der Waals surface area contributed by atoms with Crippen LogP contribution < -0.4 is 4.90 Å². The molecule has 0 spiro atoms. The van der Waals surface area contributed by atoms with Gasteiger partial charge in [0.25, 0.3) is 0 Å². The van der Waals surface area contributed by atoms with E-state index in [1.165, 1.54) is 0 Å². The van der Waals surface area contributed by atoms with Gasteiger partial charge in [0.2, 0.25) is 0 Å². The molecule has 0 saturated carbocycles. The Morgan fingerprint density at radius 2 is 2.11 bits per heavy atom. The molecule has 0 aliphatic rings. The van der Waals surface area contributed by atoms with Gasteiger partial charge in [-0.25, -0.2) is 9.97 Å². The van der Waals surface area contributed by atoms with Gasteiger partial charge in [-0.3, -0.25) is 4.98 Å². The second kappa shape index (κ2) is 6.52. The summed E-state index contributed by atoms with van der Waals surface area (Å²) in [7, 11) is 2.05. The number of likely N-dealkylation sites (N-methyl/N-ethyl adjacent to an activating group) is 1. The van der Waals surface area contributed by atoms with Gasteiger partial charge in [0.1, 0.15) is 5.82 Å². The molecule has 5 heteroatoms. The summed E-state index contributed by atoms with van der Waals surface area (Å²) in [5.41, 5.74) is 2.10. The van der Waals surface area contributed by atoms with Gasteiger partial charge >= 0.3 is 0 Å². The summed E-state index contributed by atoms with van der Waals surface area (Å²) in [5.74, 6) is 0.966. The quantitative estimate of drug-likeness (QED) is 0.619. The average Bonchev–Trinajstić information content (AvgIpc) is 2.45. The van der Waals surface area contributed by atoms with Gasteiger partial charge in [-0.2, -0.15) is 0 Å². The number of pyridine rings is 1. The molecule has 19 heavy (non-hydrogen) atoms. The molecule has 0 atom stereocenters. The summed E-state index contributed by atoms with van der Waals surface area (Å²) in [6.07, 6.45) is 4.73. The predicted molar refractivity (Wildman–Crippen MR) is 79.8 cm³/mol. The molecule has 2 heterocycles. The van der Waals surface area contributed by atoms with Gasteiger partial charge in [-0.05, 0) is 25.3 Å². The fourth-order valence-corrected chi connectivity index (χ4v) is 2.17. The molecular weight excluding hydrogens is 256 g/mol. The zero-order chi connectivity index (χ0) is 13.7. The normalized spacial score (nSPS) is 10.5. The van der Waals surface area contributed by atoms with Gasteiger partial charge < -0.3 is 4.90 Å². The first kappa shape index (κ1) is 13.8. The number of hydrogen-bond acceptors (Lipinski definition) is 5. The van der Waals surface area contributed by atoms with Crippen molar-refractivity contribution in [2.75, 3.05) is 24.7 Å². The number of rotatable bonds is 5. The first-order valence-corrected chi connectivity index (χ1v) is 7.42. The lowest BCUT2D eigenvalue weighted by Crippen LogP contribution is -2.22. The molecule has 4 nitrogen and oxygen atoms in total. The molecule has 0 aromatic carbocycles. The summed E-state index contributed by atoms with van der Waals surface area (Å²) in [6, 6.07) is 8.01. The molecule has 2 rings (SSSR count). The summed E-state index contributed by atoms with van der Waals surface area (Å²) in [6.45, 7) is 2.89. The summed E-state index contributed by atoms with van der Waals surface area (Å²) in [5, 5.41) is 0.819. The van der Waals surface area contributed by atoms with Gasteiger partial charge in [-0.15, -0.1) is 0 Å². The van der Waals surface area contributed by atoms with Crippen LogP contribution in [0.3, 0.4) is 0 Å². The Kier molecular flexibility index (Phi) is 4.74. The van der Waals surface area contributed by atoms with Crippen LogP contribution in [0.2, 0.25) is 0 Å². The summed E-state index contributed by atoms with van der Waals surface area (Å²) >= 11 is 1.57. The van der Waals surface area contributed by atoms with E-state index in [2.05, 4.69) is 26.9 Å². The maximum Gasteiger partial charge on any atom is 0.189 e. The first-order valence-electron chi connectivity index (χ1n) is 6.20. The van der Waals surface area contributed by atoms with Crippen LogP contribution in [0.5, 0.6) is 0 Å². The lowest BCUT2D eigenvalue weighted by Gasteiger charge is -2.18. The number of nitrogens with zero attached hydrogens (tertiary/aromatic N) is 4. The van der Waals surface area contributed by atoms with Crippen LogP contribution >= 0.6 is 11.8 Å². The van der Waals surface area contributed by atoms with E-state index in [1.807, 2.05) is 43.6 Å². The second-order valence-corrected chi connectivity index (χ2v) is 5.12. The van der Waals surface area contributed by atoms with Gasteiger partial charge in [-0.1, -0.05) is 17.8 Å². The molecule has 0 aliphatic heterocycles. The van der Waals surface area contributed by atoms with E-state index in [-0.39, 0.29) is 0 Å². The number of aryl methyl sites for hydroxylation is 1. The van der Waals surface area contributed by atoms with E-state index in [0.717, 1.165) is 35.3 Å². The molecule has 0 amide bonds. The molecule has 0 unspecified atom stereocenters. The molecule has 100 valence electrons. The van der Waals surface area contributed by atoms with E-state index in [9.17, 15) is 0 Å². The highest BCUT2D eigenvalue weighted by Gasteiger charge is 2.06. The monoisotopic (exact) mass is 274 g/mol. The highest BCUT2D eigenvalue weighted by atomic mass is 32.2. The maximum absolute atomic E-state index is 4.52. The van der Waals surface area contributed by atoms with Crippen LogP contribution in [-0.4, -0.2) is 34.8 Å². The van der Waals surface area contributed by atoms with Crippen LogP contribution in [0.25, 0.3) is 0 Å². The van der Waals surface area contributed by atoms with Crippen molar-refractivity contribution in [3.8, 4) is 0 Å². The van der Waals surface area contributed by atoms with E-state index >= 15 is 0 Å².